The van der Waals surface area contributed by atoms with Crippen molar-refractivity contribution < 1.29 is 28.6 Å². The molecular formula is C30H37ClN4O6. The van der Waals surface area contributed by atoms with Gasteiger partial charge >= 0.3 is 12.0 Å². The Morgan fingerprint density at radius 1 is 1.02 bits per heavy atom. The van der Waals surface area contributed by atoms with Gasteiger partial charge in [0, 0.05) is 55.0 Å². The van der Waals surface area contributed by atoms with Gasteiger partial charge in [0.1, 0.15) is 0 Å². The molecule has 3 amide bonds. The fraction of sp³-hybridized carbons (Fsp3) is 0.433. The number of hydrogen-bond donors (Lipinski definition) is 1. The molecule has 0 spiro atoms. The molecule has 0 aromatic heterocycles. The maximum Gasteiger partial charge on any atom is 0.338 e. The zero-order valence-electron chi connectivity index (χ0n) is 24.1. The van der Waals surface area contributed by atoms with Crippen LogP contribution in [-0.2, 0) is 9.53 Å². The number of esters is 1. The first-order valence-corrected chi connectivity index (χ1v) is 14.1. The van der Waals surface area contributed by atoms with Gasteiger partial charge in [0.25, 0.3) is 5.91 Å². The zero-order chi connectivity index (χ0) is 29.7. The largest absolute Gasteiger partial charge is 0.493 e. The molecule has 220 valence electrons. The zero-order valence-corrected chi connectivity index (χ0v) is 24.9. The van der Waals surface area contributed by atoms with E-state index in [1.54, 1.807) is 61.4 Å². The highest BCUT2D eigenvalue weighted by Crippen LogP contribution is 2.36. The van der Waals surface area contributed by atoms with Gasteiger partial charge in [0.05, 0.1) is 32.4 Å². The number of nitrogens with one attached hydrogen (secondary N) is 1. The molecule has 2 aromatic rings. The number of ether oxygens (including phenoxy) is 3. The van der Waals surface area contributed by atoms with E-state index in [0.29, 0.717) is 71.6 Å². The summed E-state index contributed by atoms with van der Waals surface area (Å²) in [6.07, 6.45) is 0. The molecule has 41 heavy (non-hydrogen) atoms. The average molecular weight is 585 g/mol. The second kappa shape index (κ2) is 13.3. The number of methoxy groups -OCH3 is 2. The van der Waals surface area contributed by atoms with Crippen molar-refractivity contribution in [1.29, 1.82) is 0 Å². The molecule has 2 aliphatic rings. The van der Waals surface area contributed by atoms with E-state index < -0.39 is 12.0 Å². The van der Waals surface area contributed by atoms with Crippen LogP contribution in [0.5, 0.6) is 11.5 Å². The molecular weight excluding hydrogens is 548 g/mol. The summed E-state index contributed by atoms with van der Waals surface area (Å²) in [5.74, 6) is 0.471. The molecule has 2 aromatic carbocycles. The smallest absolute Gasteiger partial charge is 0.338 e. The number of nitrogens with zero attached hydrogens (tertiary/aromatic N) is 3. The summed E-state index contributed by atoms with van der Waals surface area (Å²) < 4.78 is 16.4. The highest BCUT2D eigenvalue weighted by molar-refractivity contribution is 6.30. The molecule has 2 unspecified atom stereocenters. The summed E-state index contributed by atoms with van der Waals surface area (Å²) in [6, 6.07) is 11.0. The first-order valence-electron chi connectivity index (χ1n) is 13.7. The molecule has 1 saturated heterocycles. The van der Waals surface area contributed by atoms with Gasteiger partial charge in [-0.05, 0) is 62.7 Å². The van der Waals surface area contributed by atoms with E-state index in [1.807, 2.05) is 18.7 Å². The van der Waals surface area contributed by atoms with Gasteiger partial charge in [-0.2, -0.15) is 0 Å². The molecule has 2 aliphatic heterocycles. The van der Waals surface area contributed by atoms with Crippen molar-refractivity contribution in [3.8, 4) is 11.5 Å². The maximum absolute atomic E-state index is 13.5. The monoisotopic (exact) mass is 584 g/mol. The van der Waals surface area contributed by atoms with Gasteiger partial charge < -0.3 is 24.4 Å². The van der Waals surface area contributed by atoms with Crippen LogP contribution in [0, 0.1) is 0 Å². The van der Waals surface area contributed by atoms with Crippen LogP contribution in [0.25, 0.3) is 0 Å². The minimum Gasteiger partial charge on any atom is -0.493 e. The lowest BCUT2D eigenvalue weighted by Gasteiger charge is -2.43. The Kier molecular flexibility index (Phi) is 9.77. The molecule has 0 bridgehead atoms. The van der Waals surface area contributed by atoms with Crippen LogP contribution in [0.3, 0.4) is 0 Å². The number of piperazine rings is 1. The van der Waals surface area contributed by atoms with Gasteiger partial charge in [-0.3, -0.25) is 14.6 Å². The summed E-state index contributed by atoms with van der Waals surface area (Å²) in [5, 5.41) is 3.56. The lowest BCUT2D eigenvalue weighted by molar-refractivity contribution is -0.139. The van der Waals surface area contributed by atoms with E-state index in [-0.39, 0.29) is 24.6 Å². The number of hydrogen-bond acceptors (Lipinski definition) is 7. The van der Waals surface area contributed by atoms with Crippen molar-refractivity contribution in [3.63, 3.8) is 0 Å². The number of carbonyl (C=O) groups is 3. The Bertz CT molecular complexity index is 1310. The predicted octanol–water partition coefficient (Wildman–Crippen LogP) is 4.11. The Morgan fingerprint density at radius 2 is 1.73 bits per heavy atom. The number of urea groups is 1. The fourth-order valence-electron chi connectivity index (χ4n) is 5.39. The lowest BCUT2D eigenvalue weighted by Crippen LogP contribution is -2.56. The Balaban J connectivity index is 1.65. The van der Waals surface area contributed by atoms with Crippen molar-refractivity contribution >= 4 is 29.5 Å². The third-order valence-corrected chi connectivity index (χ3v) is 7.68. The number of carbonyl (C=O) groups excluding carboxylic acids is 3. The summed E-state index contributed by atoms with van der Waals surface area (Å²) in [7, 11) is 3.08. The van der Waals surface area contributed by atoms with Gasteiger partial charge in [-0.1, -0.05) is 17.7 Å². The molecule has 4 rings (SSSR count). The van der Waals surface area contributed by atoms with Crippen molar-refractivity contribution in [2.24, 2.45) is 0 Å². The van der Waals surface area contributed by atoms with Gasteiger partial charge in [0.2, 0.25) is 0 Å². The van der Waals surface area contributed by atoms with Crippen molar-refractivity contribution in [3.05, 3.63) is 69.9 Å². The molecule has 2 heterocycles. The SMILES string of the molecule is CCOC(=O)C1=C(CN2CCN(C(=O)c3ccc(Cl)cc3)C(C)C2)N(CC)C(=O)NC1c1ccc(OC)c(OC)c1. The summed E-state index contributed by atoms with van der Waals surface area (Å²) >= 11 is 6.00. The van der Waals surface area contributed by atoms with Crippen molar-refractivity contribution in [2.75, 3.05) is 53.6 Å². The van der Waals surface area contributed by atoms with Crippen molar-refractivity contribution in [2.45, 2.75) is 32.9 Å². The Morgan fingerprint density at radius 3 is 2.34 bits per heavy atom. The van der Waals surface area contributed by atoms with E-state index in [2.05, 4.69) is 10.2 Å². The predicted molar refractivity (Wildman–Crippen MR) is 155 cm³/mol. The van der Waals surface area contributed by atoms with Gasteiger partial charge in [0.15, 0.2) is 11.5 Å². The molecule has 2 atom stereocenters. The normalized spacial score (nSPS) is 19.6. The first-order chi connectivity index (χ1) is 19.7. The quantitative estimate of drug-likeness (QED) is 0.443. The number of rotatable bonds is 9. The molecule has 0 radical (unpaired) electrons. The molecule has 0 saturated carbocycles. The van der Waals surface area contributed by atoms with Crippen molar-refractivity contribution in [1.82, 2.24) is 20.0 Å². The topological polar surface area (TPSA) is 101 Å². The minimum absolute atomic E-state index is 0.0546. The van der Waals surface area contributed by atoms with Crippen LogP contribution in [-0.4, -0.2) is 92.2 Å². The first kappa shape index (κ1) is 30.2. The molecule has 1 N–H and O–H groups in total. The second-order valence-corrected chi connectivity index (χ2v) is 10.3. The molecule has 10 nitrogen and oxygen atoms in total. The second-order valence-electron chi connectivity index (χ2n) is 9.91. The fourth-order valence-corrected chi connectivity index (χ4v) is 5.51. The summed E-state index contributed by atoms with van der Waals surface area (Å²) in [5.41, 5.74) is 2.20. The molecule has 0 aliphatic carbocycles. The van der Waals surface area contributed by atoms with Gasteiger partial charge in [-0.15, -0.1) is 0 Å². The van der Waals surface area contributed by atoms with Gasteiger partial charge in [-0.25, -0.2) is 9.59 Å². The average Bonchev–Trinajstić information content (AvgIpc) is 2.97. The van der Waals surface area contributed by atoms with E-state index in [9.17, 15) is 14.4 Å². The molecule has 1 fully saturated rings. The number of likely N-dealkylation sites (N-methyl/N-ethyl adjacent to an activating group) is 1. The Hall–Kier alpha value is -3.76. The summed E-state index contributed by atoms with van der Waals surface area (Å²) in [4.78, 5) is 45.6. The van der Waals surface area contributed by atoms with E-state index in [0.717, 1.165) is 0 Å². The Labute approximate surface area is 245 Å². The summed E-state index contributed by atoms with van der Waals surface area (Å²) in [6.45, 7) is 8.16. The maximum atomic E-state index is 13.5. The third kappa shape index (κ3) is 6.44. The number of amides is 3. The van der Waals surface area contributed by atoms with E-state index in [4.69, 9.17) is 25.8 Å². The van der Waals surface area contributed by atoms with Crippen LogP contribution >= 0.6 is 11.6 Å². The van der Waals surface area contributed by atoms with Crippen LogP contribution in [0.1, 0.15) is 42.7 Å². The van der Waals surface area contributed by atoms with Crippen LogP contribution in [0.15, 0.2) is 53.7 Å². The minimum atomic E-state index is -0.746. The highest BCUT2D eigenvalue weighted by atomic mass is 35.5. The van der Waals surface area contributed by atoms with E-state index >= 15 is 0 Å². The lowest BCUT2D eigenvalue weighted by atomic mass is 9.93. The number of benzene rings is 2. The highest BCUT2D eigenvalue weighted by Gasteiger charge is 2.39. The molecule has 11 heteroatoms. The number of halogens is 1. The van der Waals surface area contributed by atoms with Crippen LogP contribution in [0.2, 0.25) is 5.02 Å². The van der Waals surface area contributed by atoms with E-state index in [1.165, 1.54) is 7.11 Å². The van der Waals surface area contributed by atoms with Crippen LogP contribution < -0.4 is 14.8 Å². The van der Waals surface area contributed by atoms with Crippen LogP contribution in [0.4, 0.5) is 4.79 Å². The standard InChI is InChI=1S/C30H37ClN4O6/c1-6-34-23(18-33-14-15-35(19(3)17-33)28(36)20-8-11-22(31)12-9-20)26(29(37)41-7-2)27(32-30(34)38)21-10-13-24(39-4)25(16-21)40-5/h8-13,16,19,27H,6-7,14-15,17-18H2,1-5H3,(H,32,38). The third-order valence-electron chi connectivity index (χ3n) is 7.43.